The maximum absolute atomic E-state index is 12.6. The summed E-state index contributed by atoms with van der Waals surface area (Å²) in [4.78, 5) is 14.6. The fraction of sp³-hybridized carbons (Fsp3) is 0.375. The first-order chi connectivity index (χ1) is 11.6. The van der Waals surface area contributed by atoms with Gasteiger partial charge in [0.05, 0.1) is 17.6 Å². The third kappa shape index (κ3) is 3.57. The van der Waals surface area contributed by atoms with E-state index in [4.69, 9.17) is 23.2 Å². The van der Waals surface area contributed by atoms with Crippen molar-refractivity contribution in [1.29, 1.82) is 0 Å². The minimum absolute atomic E-state index is 0.0798. The summed E-state index contributed by atoms with van der Waals surface area (Å²) in [6, 6.07) is 6.81. The van der Waals surface area contributed by atoms with E-state index in [1.54, 1.807) is 30.5 Å². The van der Waals surface area contributed by atoms with Crippen LogP contribution >= 0.6 is 23.2 Å². The SMILES string of the molecule is O=c1c(Cl)c(N2CCNCC(CO)C2)cnn1-c1ccc(Cl)cc1. The Morgan fingerprint density at radius 3 is 2.75 bits per heavy atom. The molecular weight excluding hydrogens is 351 g/mol. The van der Waals surface area contributed by atoms with Gasteiger partial charge in [0.25, 0.3) is 5.56 Å². The minimum atomic E-state index is -0.380. The van der Waals surface area contributed by atoms with Crippen LogP contribution in [-0.4, -0.2) is 47.7 Å². The average Bonchev–Trinajstić information content (AvgIpc) is 2.84. The molecule has 8 heteroatoms. The number of hydrogen-bond donors (Lipinski definition) is 2. The number of aromatic nitrogens is 2. The molecule has 3 rings (SSSR count). The third-order valence-electron chi connectivity index (χ3n) is 4.04. The van der Waals surface area contributed by atoms with Gasteiger partial charge in [-0.3, -0.25) is 4.79 Å². The van der Waals surface area contributed by atoms with Crippen LogP contribution in [0.4, 0.5) is 5.69 Å². The summed E-state index contributed by atoms with van der Waals surface area (Å²) in [6.45, 7) is 2.89. The van der Waals surface area contributed by atoms with Crippen LogP contribution in [0.25, 0.3) is 5.69 Å². The Morgan fingerprint density at radius 1 is 1.29 bits per heavy atom. The second-order valence-corrected chi connectivity index (χ2v) is 6.55. The predicted octanol–water partition coefficient (Wildman–Crippen LogP) is 1.56. The maximum Gasteiger partial charge on any atom is 0.292 e. The van der Waals surface area contributed by atoms with Crippen LogP contribution in [0.1, 0.15) is 0 Å². The first kappa shape index (κ1) is 17.2. The van der Waals surface area contributed by atoms with E-state index < -0.39 is 0 Å². The molecule has 1 aliphatic heterocycles. The van der Waals surface area contributed by atoms with Gasteiger partial charge in [-0.2, -0.15) is 9.78 Å². The predicted molar refractivity (Wildman–Crippen MR) is 95.5 cm³/mol. The van der Waals surface area contributed by atoms with Crippen molar-refractivity contribution in [2.75, 3.05) is 37.7 Å². The van der Waals surface area contributed by atoms with E-state index in [9.17, 15) is 9.90 Å². The van der Waals surface area contributed by atoms with Crippen molar-refractivity contribution in [3.8, 4) is 5.69 Å². The summed E-state index contributed by atoms with van der Waals surface area (Å²) >= 11 is 12.2. The molecule has 1 aromatic heterocycles. The second kappa shape index (κ2) is 7.53. The number of nitrogens with zero attached hydrogens (tertiary/aromatic N) is 3. The molecule has 1 aromatic carbocycles. The Morgan fingerprint density at radius 2 is 2.04 bits per heavy atom. The number of aliphatic hydroxyl groups excluding tert-OH is 1. The van der Waals surface area contributed by atoms with Gasteiger partial charge in [-0.1, -0.05) is 23.2 Å². The van der Waals surface area contributed by atoms with Gasteiger partial charge in [0, 0.05) is 43.7 Å². The molecule has 0 saturated carbocycles. The van der Waals surface area contributed by atoms with Gasteiger partial charge >= 0.3 is 0 Å². The molecule has 24 heavy (non-hydrogen) atoms. The first-order valence-corrected chi connectivity index (χ1v) is 8.46. The molecule has 0 radical (unpaired) electrons. The number of aliphatic hydroxyl groups is 1. The molecule has 6 nitrogen and oxygen atoms in total. The van der Waals surface area contributed by atoms with Crippen molar-refractivity contribution < 1.29 is 5.11 Å². The van der Waals surface area contributed by atoms with Crippen LogP contribution in [-0.2, 0) is 0 Å². The lowest BCUT2D eigenvalue weighted by atomic mass is 10.1. The number of benzene rings is 1. The van der Waals surface area contributed by atoms with E-state index in [1.807, 2.05) is 4.90 Å². The fourth-order valence-corrected chi connectivity index (χ4v) is 3.11. The third-order valence-corrected chi connectivity index (χ3v) is 4.65. The summed E-state index contributed by atoms with van der Waals surface area (Å²) in [6.07, 6.45) is 1.60. The summed E-state index contributed by atoms with van der Waals surface area (Å²) < 4.78 is 1.25. The van der Waals surface area contributed by atoms with Gasteiger partial charge in [-0.15, -0.1) is 0 Å². The van der Waals surface area contributed by atoms with Crippen molar-refractivity contribution in [2.24, 2.45) is 5.92 Å². The molecule has 1 saturated heterocycles. The quantitative estimate of drug-likeness (QED) is 0.860. The maximum atomic E-state index is 12.6. The molecule has 0 bridgehead atoms. The topological polar surface area (TPSA) is 70.4 Å². The van der Waals surface area contributed by atoms with Crippen molar-refractivity contribution in [2.45, 2.75) is 0 Å². The number of nitrogens with one attached hydrogen (secondary N) is 1. The van der Waals surface area contributed by atoms with E-state index in [-0.39, 0.29) is 23.1 Å². The molecule has 2 heterocycles. The summed E-state index contributed by atoms with van der Waals surface area (Å²) in [5, 5.41) is 17.6. The molecule has 128 valence electrons. The molecule has 2 N–H and O–H groups in total. The van der Waals surface area contributed by atoms with Gasteiger partial charge in [0.15, 0.2) is 0 Å². The Bertz CT molecular complexity index is 764. The van der Waals surface area contributed by atoms with Gasteiger partial charge in [0.1, 0.15) is 5.02 Å². The van der Waals surface area contributed by atoms with Crippen molar-refractivity contribution >= 4 is 28.9 Å². The Kier molecular flexibility index (Phi) is 5.40. The molecule has 0 spiro atoms. The van der Waals surface area contributed by atoms with Crippen LogP contribution in [0.5, 0.6) is 0 Å². The standard InChI is InChI=1S/C16H18Cl2N4O2/c17-12-1-3-13(4-2-12)22-16(24)15(18)14(8-20-22)21-6-5-19-7-11(9-21)10-23/h1-4,8,11,19,23H,5-7,9-10H2. The zero-order chi connectivity index (χ0) is 17.1. The highest BCUT2D eigenvalue weighted by Gasteiger charge is 2.21. The largest absolute Gasteiger partial charge is 0.396 e. The van der Waals surface area contributed by atoms with Gasteiger partial charge < -0.3 is 15.3 Å². The summed E-state index contributed by atoms with van der Waals surface area (Å²) in [7, 11) is 0. The van der Waals surface area contributed by atoms with E-state index in [0.29, 0.717) is 29.5 Å². The first-order valence-electron chi connectivity index (χ1n) is 7.70. The molecule has 1 aliphatic rings. The van der Waals surface area contributed by atoms with E-state index in [1.165, 1.54) is 4.68 Å². The van der Waals surface area contributed by atoms with E-state index >= 15 is 0 Å². The lowest BCUT2D eigenvalue weighted by Crippen LogP contribution is -2.34. The molecular formula is C16H18Cl2N4O2. The lowest BCUT2D eigenvalue weighted by Gasteiger charge is -2.25. The van der Waals surface area contributed by atoms with Gasteiger partial charge in [-0.05, 0) is 24.3 Å². The molecule has 1 atom stereocenters. The highest BCUT2D eigenvalue weighted by Crippen LogP contribution is 2.23. The Labute approximate surface area is 149 Å². The zero-order valence-corrected chi connectivity index (χ0v) is 14.5. The number of anilines is 1. The minimum Gasteiger partial charge on any atom is -0.396 e. The summed E-state index contributed by atoms with van der Waals surface area (Å²) in [5.41, 5.74) is 0.812. The smallest absolute Gasteiger partial charge is 0.292 e. The molecule has 1 fully saturated rings. The van der Waals surface area contributed by atoms with Crippen molar-refractivity contribution in [3.05, 3.63) is 50.9 Å². The molecule has 0 amide bonds. The highest BCUT2D eigenvalue weighted by molar-refractivity contribution is 6.33. The Balaban J connectivity index is 1.95. The van der Waals surface area contributed by atoms with Crippen molar-refractivity contribution in [3.63, 3.8) is 0 Å². The van der Waals surface area contributed by atoms with Gasteiger partial charge in [-0.25, -0.2) is 0 Å². The normalized spacial score (nSPS) is 18.5. The Hall–Kier alpha value is -1.60. The number of halogens is 2. The van der Waals surface area contributed by atoms with Crippen LogP contribution in [0, 0.1) is 5.92 Å². The fourth-order valence-electron chi connectivity index (χ4n) is 2.74. The van der Waals surface area contributed by atoms with Crippen molar-refractivity contribution in [1.82, 2.24) is 15.1 Å². The van der Waals surface area contributed by atoms with Crippen LogP contribution in [0.15, 0.2) is 35.3 Å². The van der Waals surface area contributed by atoms with Crippen LogP contribution in [0.3, 0.4) is 0 Å². The summed E-state index contributed by atoms with van der Waals surface area (Å²) in [5.74, 6) is 0.0854. The number of rotatable bonds is 3. The number of hydrogen-bond acceptors (Lipinski definition) is 5. The van der Waals surface area contributed by atoms with Crippen LogP contribution < -0.4 is 15.8 Å². The highest BCUT2D eigenvalue weighted by atomic mass is 35.5. The van der Waals surface area contributed by atoms with Gasteiger partial charge in [0.2, 0.25) is 0 Å². The second-order valence-electron chi connectivity index (χ2n) is 5.74. The average molecular weight is 369 g/mol. The molecule has 0 aliphatic carbocycles. The van der Waals surface area contributed by atoms with E-state index in [0.717, 1.165) is 13.1 Å². The zero-order valence-electron chi connectivity index (χ0n) is 13.0. The molecule has 2 aromatic rings. The van der Waals surface area contributed by atoms with E-state index in [2.05, 4.69) is 10.4 Å². The lowest BCUT2D eigenvalue weighted by molar-refractivity contribution is 0.230. The van der Waals surface area contributed by atoms with Crippen LogP contribution in [0.2, 0.25) is 10.0 Å². The molecule has 1 unspecified atom stereocenters. The monoisotopic (exact) mass is 368 g/mol.